The number of rotatable bonds is 25. The number of aromatic hydroxyl groups is 1. The van der Waals surface area contributed by atoms with E-state index in [1.807, 2.05) is 103 Å². The molecule has 0 aromatic heterocycles. The Kier molecular flexibility index (Phi) is 19.2. The van der Waals surface area contributed by atoms with Gasteiger partial charge in [-0.3, -0.25) is 9.59 Å². The molecule has 1 aliphatic carbocycles. The van der Waals surface area contributed by atoms with Gasteiger partial charge in [0.15, 0.2) is 17.2 Å². The molecule has 1 fully saturated rings. The fraction of sp³-hybridized carbons (Fsp3) is 0.386. The second-order valence-electron chi connectivity index (χ2n) is 18.7. The van der Waals surface area contributed by atoms with Crippen molar-refractivity contribution in [2.75, 3.05) is 66.6 Å². The third kappa shape index (κ3) is 14.2. The van der Waals surface area contributed by atoms with Gasteiger partial charge in [0, 0.05) is 50.1 Å². The third-order valence-electron chi connectivity index (χ3n) is 13.6. The topological polar surface area (TPSA) is 222 Å². The SMILES string of the molecule is COc1cc(C2c3cc4c(cc3C(NC(=O)CNCCCN(CCCCN(CCCNC(=O)OCc3ccccc3)C(=O)OCc3ccccc3)C(=O)OCc3ccccc3)C3COC(=O)C23)COO4)cc(OC)c1O. The highest BCUT2D eigenvalue weighted by molar-refractivity contribution is 5.82. The summed E-state index contributed by atoms with van der Waals surface area (Å²) < 4.78 is 33.4. The molecule has 5 aromatic rings. The molecule has 0 spiro atoms. The first-order valence-corrected chi connectivity index (χ1v) is 25.5. The normalized spacial score (nSPS) is 16.9. The van der Waals surface area contributed by atoms with Gasteiger partial charge >= 0.3 is 24.2 Å². The monoisotopic (exact) mass is 1040 g/mol. The summed E-state index contributed by atoms with van der Waals surface area (Å²) in [5, 5.41) is 19.9. The van der Waals surface area contributed by atoms with Gasteiger partial charge in [0.25, 0.3) is 0 Å². The lowest BCUT2D eigenvalue weighted by Gasteiger charge is -2.39. The Balaban J connectivity index is 0.862. The maximum Gasteiger partial charge on any atom is 0.410 e. The van der Waals surface area contributed by atoms with E-state index in [0.717, 1.165) is 33.4 Å². The van der Waals surface area contributed by atoms with Crippen molar-refractivity contribution in [2.45, 2.75) is 64.1 Å². The van der Waals surface area contributed by atoms with E-state index in [-0.39, 0.29) is 69.3 Å². The molecule has 19 nitrogen and oxygen atoms in total. The van der Waals surface area contributed by atoms with Crippen molar-refractivity contribution in [3.8, 4) is 23.0 Å². The van der Waals surface area contributed by atoms with Crippen LogP contribution in [0.15, 0.2) is 115 Å². The number of benzene rings is 5. The minimum Gasteiger partial charge on any atom is -0.502 e. The second kappa shape index (κ2) is 27.0. The molecule has 8 rings (SSSR count). The molecule has 4 N–H and O–H groups in total. The van der Waals surface area contributed by atoms with E-state index >= 15 is 0 Å². The number of esters is 1. The van der Waals surface area contributed by atoms with Crippen LogP contribution in [0, 0.1) is 11.8 Å². The quantitative estimate of drug-likeness (QED) is 0.0191. The number of fused-ring (bicyclic) bond motifs is 3. The maximum absolute atomic E-state index is 13.8. The summed E-state index contributed by atoms with van der Waals surface area (Å²) in [6.07, 6.45) is 0.479. The second-order valence-corrected chi connectivity index (χ2v) is 18.7. The zero-order valence-electron chi connectivity index (χ0n) is 42.7. The zero-order chi connectivity index (χ0) is 53.2. The third-order valence-corrected chi connectivity index (χ3v) is 13.6. The van der Waals surface area contributed by atoms with Crippen LogP contribution >= 0.6 is 0 Å². The average molecular weight is 1040 g/mol. The van der Waals surface area contributed by atoms with Crippen molar-refractivity contribution in [2.24, 2.45) is 11.8 Å². The summed E-state index contributed by atoms with van der Waals surface area (Å²) >= 11 is 0. The number of amides is 4. The van der Waals surface area contributed by atoms with Crippen LogP contribution in [0.1, 0.15) is 76.6 Å². The predicted molar refractivity (Wildman–Crippen MR) is 276 cm³/mol. The number of phenolic OH excluding ortho intramolecular Hbond substituents is 1. The number of carbonyl (C=O) groups is 5. The highest BCUT2D eigenvalue weighted by atomic mass is 17.2. The number of carbonyl (C=O) groups excluding carboxylic acids is 5. The molecule has 2 aliphatic heterocycles. The van der Waals surface area contributed by atoms with Crippen LogP contribution < -0.4 is 30.3 Å². The van der Waals surface area contributed by atoms with E-state index < -0.39 is 48.0 Å². The fourth-order valence-electron chi connectivity index (χ4n) is 9.74. The van der Waals surface area contributed by atoms with Crippen LogP contribution in [0.2, 0.25) is 0 Å². The summed E-state index contributed by atoms with van der Waals surface area (Å²) in [7, 11) is 2.86. The van der Waals surface area contributed by atoms with Gasteiger partial charge in [0.1, 0.15) is 26.4 Å². The molecule has 4 unspecified atom stereocenters. The molecule has 0 radical (unpaired) electrons. The average Bonchev–Trinajstić information content (AvgIpc) is 4.09. The standard InChI is InChI=1S/C57H65N5O14/c1-69-47-29-41(30-48(70-2)53(47)64)50-43-31-46-42(36-75-76-46)28-44(43)52(45-37-71-54(65)51(45)50)60-49(63)32-58-22-14-26-61(56(67)73-34-39-18-8-4-9-19-39)24-12-13-25-62(57(68)74-35-40-20-10-5-11-21-40)27-15-23-59-55(66)72-33-38-16-6-3-7-17-38/h3-11,16-21,28-31,45,50-52,58,64H,12-15,22-27,32-37H2,1-2H3,(H,59,66)(H,60,63). The van der Waals surface area contributed by atoms with Crippen LogP contribution in [0.3, 0.4) is 0 Å². The molecule has 19 heteroatoms. The number of cyclic esters (lactones) is 1. The molecule has 402 valence electrons. The van der Waals surface area contributed by atoms with Gasteiger partial charge in [-0.15, -0.1) is 0 Å². The number of hydrogen-bond donors (Lipinski definition) is 4. The van der Waals surface area contributed by atoms with Gasteiger partial charge in [0.05, 0.1) is 39.3 Å². The first kappa shape index (κ1) is 54.2. The van der Waals surface area contributed by atoms with E-state index in [4.69, 9.17) is 38.2 Å². The molecule has 0 saturated carbocycles. The molecule has 5 aromatic carbocycles. The highest BCUT2D eigenvalue weighted by Gasteiger charge is 2.53. The molecule has 1 saturated heterocycles. The van der Waals surface area contributed by atoms with Gasteiger partial charge in [-0.2, -0.15) is 4.89 Å². The van der Waals surface area contributed by atoms with Crippen molar-refractivity contribution in [3.63, 3.8) is 0 Å². The number of methoxy groups -OCH3 is 2. The Morgan fingerprint density at radius 1 is 0.671 bits per heavy atom. The van der Waals surface area contributed by atoms with Gasteiger partial charge in [-0.1, -0.05) is 91.0 Å². The van der Waals surface area contributed by atoms with E-state index in [1.165, 1.54) is 14.2 Å². The molecule has 2 heterocycles. The van der Waals surface area contributed by atoms with E-state index in [2.05, 4.69) is 16.0 Å². The minimum atomic E-state index is -0.709. The Morgan fingerprint density at radius 2 is 1.21 bits per heavy atom. The molecule has 76 heavy (non-hydrogen) atoms. The van der Waals surface area contributed by atoms with Crippen LogP contribution in [0.4, 0.5) is 14.4 Å². The lowest BCUT2D eigenvalue weighted by atomic mass is 9.65. The Morgan fingerprint density at radius 3 is 1.78 bits per heavy atom. The molecule has 4 amide bonds. The molecular formula is C57H65N5O14. The lowest BCUT2D eigenvalue weighted by Crippen LogP contribution is -2.45. The van der Waals surface area contributed by atoms with Crippen LogP contribution in [0.25, 0.3) is 0 Å². The zero-order valence-corrected chi connectivity index (χ0v) is 42.7. The van der Waals surface area contributed by atoms with Crippen molar-refractivity contribution < 1.29 is 67.3 Å². The van der Waals surface area contributed by atoms with Gasteiger partial charge < -0.3 is 64.2 Å². The summed E-state index contributed by atoms with van der Waals surface area (Å²) in [5.41, 5.74) is 5.49. The largest absolute Gasteiger partial charge is 0.502 e. The van der Waals surface area contributed by atoms with Crippen molar-refractivity contribution >= 4 is 30.2 Å². The molecule has 3 aliphatic rings. The number of phenols is 1. The van der Waals surface area contributed by atoms with E-state index in [0.29, 0.717) is 69.7 Å². The van der Waals surface area contributed by atoms with Crippen LogP contribution in [-0.2, 0) is 59.9 Å². The lowest BCUT2D eigenvalue weighted by molar-refractivity contribution is -0.194. The predicted octanol–water partition coefficient (Wildman–Crippen LogP) is 7.68. The number of nitrogens with one attached hydrogen (secondary N) is 3. The number of ether oxygens (including phenoxy) is 6. The summed E-state index contributed by atoms with van der Waals surface area (Å²) in [4.78, 5) is 80.9. The first-order valence-electron chi connectivity index (χ1n) is 25.5. The van der Waals surface area contributed by atoms with Crippen molar-refractivity contribution in [1.29, 1.82) is 0 Å². The number of hydrogen-bond acceptors (Lipinski definition) is 15. The maximum atomic E-state index is 13.8. The Hall–Kier alpha value is -8.03. The molecule has 4 atom stereocenters. The van der Waals surface area contributed by atoms with Crippen LogP contribution in [0.5, 0.6) is 23.0 Å². The van der Waals surface area contributed by atoms with Gasteiger partial charge in [-0.05, 0) is 89.9 Å². The smallest absolute Gasteiger partial charge is 0.410 e. The molecule has 0 bridgehead atoms. The number of nitrogens with zero attached hydrogens (tertiary/aromatic N) is 2. The van der Waals surface area contributed by atoms with Gasteiger partial charge in [-0.25, -0.2) is 14.4 Å². The minimum absolute atomic E-state index is 0.0516. The van der Waals surface area contributed by atoms with Gasteiger partial charge in [0.2, 0.25) is 11.7 Å². The Labute approximate surface area is 441 Å². The van der Waals surface area contributed by atoms with Crippen molar-refractivity contribution in [1.82, 2.24) is 25.8 Å². The highest BCUT2D eigenvalue weighted by Crippen LogP contribution is 2.54. The number of alkyl carbamates (subject to hydrolysis) is 1. The number of unbranched alkanes of at least 4 members (excludes halogenated alkanes) is 1. The van der Waals surface area contributed by atoms with Crippen LogP contribution in [-0.4, -0.2) is 112 Å². The summed E-state index contributed by atoms with van der Waals surface area (Å²) in [5.74, 6) is -1.78. The summed E-state index contributed by atoms with van der Waals surface area (Å²) in [6.45, 7) is 2.53. The fourth-order valence-corrected chi connectivity index (χ4v) is 9.74. The van der Waals surface area contributed by atoms with E-state index in [9.17, 15) is 29.1 Å². The molecular weight excluding hydrogens is 979 g/mol. The summed E-state index contributed by atoms with van der Waals surface area (Å²) in [6, 6.07) is 34.7. The first-order chi connectivity index (χ1) is 37.1. The Bertz CT molecular complexity index is 2730. The van der Waals surface area contributed by atoms with E-state index in [1.54, 1.807) is 21.9 Å². The van der Waals surface area contributed by atoms with Crippen molar-refractivity contribution in [3.05, 3.63) is 154 Å².